The van der Waals surface area contributed by atoms with Crippen LogP contribution < -0.4 is 15.5 Å². The van der Waals surface area contributed by atoms with Crippen LogP contribution in [0.3, 0.4) is 0 Å². The van der Waals surface area contributed by atoms with Crippen LogP contribution in [-0.2, 0) is 11.0 Å². The minimum absolute atomic E-state index is 0.221. The van der Waals surface area contributed by atoms with E-state index in [1.807, 2.05) is 0 Å². The fraction of sp³-hybridized carbons (Fsp3) is 0.211. The van der Waals surface area contributed by atoms with Crippen molar-refractivity contribution in [3.63, 3.8) is 0 Å². The Kier molecular flexibility index (Phi) is 6.75. The molecular weight excluding hydrogens is 375 g/mol. The van der Waals surface area contributed by atoms with Crippen molar-refractivity contribution in [3.05, 3.63) is 59.7 Å². The number of rotatable bonds is 6. The number of hydrogen-bond acceptors (Lipinski definition) is 4. The Bertz CT molecular complexity index is 895. The lowest BCUT2D eigenvalue weighted by Gasteiger charge is -2.13. The molecule has 2 rings (SSSR count). The zero-order valence-corrected chi connectivity index (χ0v) is 15.1. The number of anilines is 1. The van der Waals surface area contributed by atoms with Crippen molar-refractivity contribution in [2.75, 3.05) is 12.4 Å². The lowest BCUT2D eigenvalue weighted by Crippen LogP contribution is -2.22. The predicted octanol–water partition coefficient (Wildman–Crippen LogP) is 3.85. The van der Waals surface area contributed by atoms with Gasteiger partial charge >= 0.3 is 6.18 Å². The lowest BCUT2D eigenvalue weighted by molar-refractivity contribution is -0.137. The lowest BCUT2D eigenvalue weighted by atomic mass is 10.1. The molecule has 0 saturated heterocycles. The maximum absolute atomic E-state index is 13.0. The first-order valence-corrected chi connectivity index (χ1v) is 8.14. The van der Waals surface area contributed by atoms with Crippen molar-refractivity contribution >= 4 is 23.2 Å². The van der Waals surface area contributed by atoms with Crippen molar-refractivity contribution < 1.29 is 27.5 Å². The van der Waals surface area contributed by atoms with Gasteiger partial charge in [0.15, 0.2) is 0 Å². The predicted molar refractivity (Wildman–Crippen MR) is 98.3 cm³/mol. The van der Waals surface area contributed by atoms with Gasteiger partial charge in [0.25, 0.3) is 5.91 Å². The number of para-hydroxylation sites is 1. The van der Waals surface area contributed by atoms with Crippen LogP contribution in [0.15, 0.2) is 53.6 Å². The standard InChI is InChI=1S/C19H18F3N3O3/c1-12(24-25-18(27)13-6-5-7-14(11-13)28-2)10-17(26)23-16-9-4-3-8-15(16)19(20,21)22/h3-9,11H,10H2,1-2H3,(H,23,26)(H,25,27)/b24-12+. The molecule has 2 aromatic carbocycles. The third-order valence-electron chi connectivity index (χ3n) is 3.60. The highest BCUT2D eigenvalue weighted by Crippen LogP contribution is 2.34. The Morgan fingerprint density at radius 2 is 1.82 bits per heavy atom. The van der Waals surface area contributed by atoms with Crippen molar-refractivity contribution in [3.8, 4) is 5.75 Å². The molecule has 0 heterocycles. The topological polar surface area (TPSA) is 79.8 Å². The average molecular weight is 393 g/mol. The number of carbonyl (C=O) groups is 2. The maximum Gasteiger partial charge on any atom is 0.418 e. The van der Waals surface area contributed by atoms with E-state index < -0.39 is 23.6 Å². The van der Waals surface area contributed by atoms with Crippen LogP contribution >= 0.6 is 0 Å². The summed E-state index contributed by atoms with van der Waals surface area (Å²) in [5, 5.41) is 6.02. The van der Waals surface area contributed by atoms with E-state index >= 15 is 0 Å². The van der Waals surface area contributed by atoms with Gasteiger partial charge in [-0.1, -0.05) is 18.2 Å². The summed E-state index contributed by atoms with van der Waals surface area (Å²) in [6.45, 7) is 1.47. The van der Waals surface area contributed by atoms with Gasteiger partial charge in [0, 0.05) is 11.3 Å². The fourth-order valence-electron chi connectivity index (χ4n) is 2.28. The molecule has 0 aromatic heterocycles. The first-order chi connectivity index (χ1) is 13.2. The third kappa shape index (κ3) is 5.83. The molecule has 28 heavy (non-hydrogen) atoms. The summed E-state index contributed by atoms with van der Waals surface area (Å²) >= 11 is 0. The van der Waals surface area contributed by atoms with Crippen molar-refractivity contribution in [1.82, 2.24) is 5.43 Å². The van der Waals surface area contributed by atoms with Crippen LogP contribution in [-0.4, -0.2) is 24.6 Å². The number of benzene rings is 2. The molecule has 0 fully saturated rings. The zero-order valence-electron chi connectivity index (χ0n) is 15.1. The minimum Gasteiger partial charge on any atom is -0.497 e. The Hall–Kier alpha value is -3.36. The number of methoxy groups -OCH3 is 1. The Morgan fingerprint density at radius 3 is 2.50 bits per heavy atom. The summed E-state index contributed by atoms with van der Waals surface area (Å²) in [7, 11) is 1.47. The largest absolute Gasteiger partial charge is 0.497 e. The van der Waals surface area contributed by atoms with Gasteiger partial charge in [-0.15, -0.1) is 0 Å². The molecule has 0 saturated carbocycles. The molecule has 0 aliphatic heterocycles. The molecule has 0 bridgehead atoms. The first kappa shape index (κ1) is 20.9. The van der Waals surface area contributed by atoms with Gasteiger partial charge < -0.3 is 10.1 Å². The second kappa shape index (κ2) is 9.03. The molecule has 0 spiro atoms. The SMILES string of the molecule is COc1cccc(C(=O)N/N=C(\C)CC(=O)Nc2ccccc2C(F)(F)F)c1. The first-order valence-electron chi connectivity index (χ1n) is 8.14. The van der Waals surface area contributed by atoms with E-state index in [0.29, 0.717) is 11.3 Å². The van der Waals surface area contributed by atoms with Crippen LogP contribution in [0.1, 0.15) is 29.3 Å². The fourth-order valence-corrected chi connectivity index (χ4v) is 2.28. The van der Waals surface area contributed by atoms with Crippen LogP contribution in [0, 0.1) is 0 Å². The molecule has 0 radical (unpaired) electrons. The van der Waals surface area contributed by atoms with Gasteiger partial charge in [0.05, 0.1) is 24.8 Å². The number of halogens is 3. The van der Waals surface area contributed by atoms with E-state index in [-0.39, 0.29) is 17.8 Å². The van der Waals surface area contributed by atoms with Crippen LogP contribution in [0.5, 0.6) is 5.75 Å². The second-order valence-corrected chi connectivity index (χ2v) is 5.79. The minimum atomic E-state index is -4.59. The highest BCUT2D eigenvalue weighted by molar-refractivity contribution is 6.06. The highest BCUT2D eigenvalue weighted by Gasteiger charge is 2.33. The Morgan fingerprint density at radius 1 is 1.11 bits per heavy atom. The Balaban J connectivity index is 1.98. The quantitative estimate of drug-likeness (QED) is 0.578. The van der Waals surface area contributed by atoms with Crippen LogP contribution in [0.2, 0.25) is 0 Å². The Labute approximate surface area is 159 Å². The van der Waals surface area contributed by atoms with Crippen LogP contribution in [0.25, 0.3) is 0 Å². The number of hydrazone groups is 1. The molecule has 0 aliphatic carbocycles. The number of nitrogens with zero attached hydrogens (tertiary/aromatic N) is 1. The van der Waals surface area contributed by atoms with Gasteiger partial charge in [-0.25, -0.2) is 5.43 Å². The van der Waals surface area contributed by atoms with Gasteiger partial charge in [-0.05, 0) is 37.3 Å². The van der Waals surface area contributed by atoms with E-state index in [9.17, 15) is 22.8 Å². The smallest absolute Gasteiger partial charge is 0.418 e. The van der Waals surface area contributed by atoms with Gasteiger partial charge in [0.2, 0.25) is 5.91 Å². The molecule has 0 unspecified atom stereocenters. The van der Waals surface area contributed by atoms with E-state index in [0.717, 1.165) is 12.1 Å². The maximum atomic E-state index is 13.0. The van der Waals surface area contributed by atoms with E-state index in [2.05, 4.69) is 15.8 Å². The zero-order chi connectivity index (χ0) is 20.7. The number of ether oxygens (including phenoxy) is 1. The summed E-state index contributed by atoms with van der Waals surface area (Å²) in [5.74, 6) is -0.703. The molecule has 0 atom stereocenters. The monoisotopic (exact) mass is 393 g/mol. The molecule has 148 valence electrons. The second-order valence-electron chi connectivity index (χ2n) is 5.79. The number of amides is 2. The van der Waals surface area contributed by atoms with Gasteiger partial charge in [-0.3, -0.25) is 9.59 Å². The summed E-state index contributed by atoms with van der Waals surface area (Å²) in [6.07, 6.45) is -4.87. The number of hydrogen-bond donors (Lipinski definition) is 2. The van der Waals surface area contributed by atoms with Crippen molar-refractivity contribution in [1.29, 1.82) is 0 Å². The van der Waals surface area contributed by atoms with Gasteiger partial charge in [0.1, 0.15) is 5.75 Å². The van der Waals surface area contributed by atoms with Crippen molar-refractivity contribution in [2.24, 2.45) is 5.10 Å². The molecule has 2 aromatic rings. The molecule has 9 heteroatoms. The average Bonchev–Trinajstić information content (AvgIpc) is 2.65. The molecule has 0 aliphatic rings. The van der Waals surface area contributed by atoms with Gasteiger partial charge in [-0.2, -0.15) is 18.3 Å². The van der Waals surface area contributed by atoms with E-state index in [1.165, 1.54) is 32.2 Å². The number of nitrogens with one attached hydrogen (secondary N) is 2. The third-order valence-corrected chi connectivity index (χ3v) is 3.60. The normalized spacial score (nSPS) is 11.7. The molecule has 2 N–H and O–H groups in total. The molecule has 2 amide bonds. The highest BCUT2D eigenvalue weighted by atomic mass is 19.4. The summed E-state index contributed by atoms with van der Waals surface area (Å²) < 4.78 is 43.9. The summed E-state index contributed by atoms with van der Waals surface area (Å²) in [4.78, 5) is 24.1. The molecular formula is C19H18F3N3O3. The van der Waals surface area contributed by atoms with Crippen molar-refractivity contribution in [2.45, 2.75) is 19.5 Å². The summed E-state index contributed by atoms with van der Waals surface area (Å²) in [5.41, 5.74) is 1.53. The molecule has 6 nitrogen and oxygen atoms in total. The summed E-state index contributed by atoms with van der Waals surface area (Å²) in [6, 6.07) is 11.1. The number of alkyl halides is 3. The van der Waals surface area contributed by atoms with Crippen LogP contribution in [0.4, 0.5) is 18.9 Å². The van der Waals surface area contributed by atoms with E-state index in [1.54, 1.807) is 18.2 Å². The van der Waals surface area contributed by atoms with E-state index in [4.69, 9.17) is 4.74 Å². The number of carbonyl (C=O) groups excluding carboxylic acids is 2.